The predicted octanol–water partition coefficient (Wildman–Crippen LogP) is 0.528. The highest BCUT2D eigenvalue weighted by Crippen LogP contribution is 2.30. The van der Waals surface area contributed by atoms with Gasteiger partial charge in [0.1, 0.15) is 22.0 Å². The van der Waals surface area contributed by atoms with Crippen LogP contribution >= 0.6 is 0 Å². The van der Waals surface area contributed by atoms with Gasteiger partial charge in [0.15, 0.2) is 0 Å². The summed E-state index contributed by atoms with van der Waals surface area (Å²) < 4.78 is 37.7. The Bertz CT molecular complexity index is 946. The third-order valence-electron chi connectivity index (χ3n) is 5.55. The smallest absolute Gasteiger partial charge is 0.342 e. The van der Waals surface area contributed by atoms with Gasteiger partial charge in [-0.05, 0) is 20.3 Å². The van der Waals surface area contributed by atoms with Crippen LogP contribution in [0.25, 0.3) is 0 Å². The van der Waals surface area contributed by atoms with E-state index in [0.717, 1.165) is 6.42 Å². The lowest BCUT2D eigenvalue weighted by Gasteiger charge is -2.34. The minimum Gasteiger partial charge on any atom is -0.465 e. The largest absolute Gasteiger partial charge is 0.465 e. The van der Waals surface area contributed by atoms with E-state index in [-0.39, 0.29) is 66.4 Å². The SMILES string of the molecule is COC(=O)c1c(C)oc(C)c1S(=O)(=O)N1CCN(C(=O)CCN2CCCC2=O)CC1. The predicted molar refractivity (Wildman–Crippen MR) is 105 cm³/mol. The average molecular weight is 442 g/mol. The molecule has 0 atom stereocenters. The van der Waals surface area contributed by atoms with Gasteiger partial charge in [0.25, 0.3) is 0 Å². The second kappa shape index (κ2) is 8.76. The number of ether oxygens (including phenoxy) is 1. The lowest BCUT2D eigenvalue weighted by molar-refractivity contribution is -0.133. The maximum atomic E-state index is 13.2. The molecule has 2 aliphatic heterocycles. The number of piperazine rings is 1. The van der Waals surface area contributed by atoms with Crippen LogP contribution < -0.4 is 0 Å². The summed E-state index contributed by atoms with van der Waals surface area (Å²) in [6.45, 7) is 4.80. The van der Waals surface area contributed by atoms with Gasteiger partial charge in [0.2, 0.25) is 21.8 Å². The summed E-state index contributed by atoms with van der Waals surface area (Å²) in [6, 6.07) is 0. The molecule has 2 fully saturated rings. The third kappa shape index (κ3) is 4.22. The zero-order chi connectivity index (χ0) is 22.1. The van der Waals surface area contributed by atoms with E-state index in [2.05, 4.69) is 0 Å². The molecule has 0 saturated carbocycles. The molecule has 0 aromatic carbocycles. The Morgan fingerprint density at radius 2 is 1.73 bits per heavy atom. The molecule has 30 heavy (non-hydrogen) atoms. The number of nitrogens with zero attached hydrogens (tertiary/aromatic N) is 3. The molecular formula is C19H27N3O7S. The highest BCUT2D eigenvalue weighted by molar-refractivity contribution is 7.89. The van der Waals surface area contributed by atoms with Crippen molar-refractivity contribution in [3.63, 3.8) is 0 Å². The summed E-state index contributed by atoms with van der Waals surface area (Å²) in [5, 5.41) is 0. The molecule has 0 spiro atoms. The Balaban J connectivity index is 1.65. The van der Waals surface area contributed by atoms with Gasteiger partial charge in [-0.2, -0.15) is 4.31 Å². The first-order valence-electron chi connectivity index (χ1n) is 9.90. The Labute approximate surface area is 175 Å². The van der Waals surface area contributed by atoms with Crippen molar-refractivity contribution in [3.05, 3.63) is 17.1 Å². The lowest BCUT2D eigenvalue weighted by Crippen LogP contribution is -2.51. The molecule has 166 valence electrons. The Morgan fingerprint density at radius 3 is 2.30 bits per heavy atom. The second-order valence-corrected chi connectivity index (χ2v) is 9.30. The number of carbonyl (C=O) groups excluding carboxylic acids is 3. The number of furan rings is 1. The molecule has 11 heteroatoms. The quantitative estimate of drug-likeness (QED) is 0.591. The van der Waals surface area contributed by atoms with Crippen molar-refractivity contribution in [2.24, 2.45) is 0 Å². The van der Waals surface area contributed by atoms with E-state index < -0.39 is 16.0 Å². The van der Waals surface area contributed by atoms with Gasteiger partial charge in [-0.15, -0.1) is 0 Å². The first kappa shape index (κ1) is 22.3. The van der Waals surface area contributed by atoms with E-state index in [1.54, 1.807) is 9.80 Å². The zero-order valence-electron chi connectivity index (χ0n) is 17.5. The van der Waals surface area contributed by atoms with Gasteiger partial charge < -0.3 is 19.0 Å². The molecule has 1 aromatic heterocycles. The van der Waals surface area contributed by atoms with Crippen LogP contribution in [-0.2, 0) is 24.3 Å². The number of likely N-dealkylation sites (tertiary alicyclic amines) is 1. The van der Waals surface area contributed by atoms with E-state index in [9.17, 15) is 22.8 Å². The molecule has 1 aromatic rings. The number of hydrogen-bond donors (Lipinski definition) is 0. The molecule has 2 amide bonds. The second-order valence-electron chi connectivity index (χ2n) is 7.43. The Morgan fingerprint density at radius 1 is 1.07 bits per heavy atom. The van der Waals surface area contributed by atoms with Crippen LogP contribution in [0.2, 0.25) is 0 Å². The van der Waals surface area contributed by atoms with Crippen LogP contribution in [0.1, 0.15) is 41.1 Å². The van der Waals surface area contributed by atoms with Gasteiger partial charge in [-0.3, -0.25) is 9.59 Å². The van der Waals surface area contributed by atoms with Crippen LogP contribution in [0.15, 0.2) is 9.31 Å². The summed E-state index contributed by atoms with van der Waals surface area (Å²) in [5.74, 6) is -0.485. The van der Waals surface area contributed by atoms with Crippen LogP contribution in [0.3, 0.4) is 0 Å². The molecule has 0 aliphatic carbocycles. The van der Waals surface area contributed by atoms with E-state index in [1.807, 2.05) is 0 Å². The number of rotatable bonds is 6. The maximum absolute atomic E-state index is 13.2. The highest BCUT2D eigenvalue weighted by Gasteiger charge is 2.37. The van der Waals surface area contributed by atoms with Gasteiger partial charge in [0.05, 0.1) is 7.11 Å². The molecule has 0 radical (unpaired) electrons. The molecule has 2 aliphatic rings. The third-order valence-corrected chi connectivity index (χ3v) is 7.60. The zero-order valence-corrected chi connectivity index (χ0v) is 18.3. The Kier molecular flexibility index (Phi) is 6.51. The van der Waals surface area contributed by atoms with E-state index in [0.29, 0.717) is 19.5 Å². The molecule has 2 saturated heterocycles. The van der Waals surface area contributed by atoms with Crippen molar-refractivity contribution in [2.45, 2.75) is 38.0 Å². The number of methoxy groups -OCH3 is 1. The standard InChI is InChI=1S/C19H27N3O7S/c1-13-17(19(25)28-3)18(14(2)29-13)30(26,27)22-11-9-21(10-12-22)16(24)6-8-20-7-4-5-15(20)23/h4-12H2,1-3H3. The first-order chi connectivity index (χ1) is 14.2. The van der Waals surface area contributed by atoms with E-state index in [1.165, 1.54) is 25.3 Å². The number of carbonyl (C=O) groups is 3. The van der Waals surface area contributed by atoms with Gasteiger partial charge in [-0.25, -0.2) is 13.2 Å². The van der Waals surface area contributed by atoms with Gasteiger partial charge >= 0.3 is 5.97 Å². The highest BCUT2D eigenvalue weighted by atomic mass is 32.2. The molecule has 0 unspecified atom stereocenters. The van der Waals surface area contributed by atoms with Crippen LogP contribution in [0.5, 0.6) is 0 Å². The fraction of sp³-hybridized carbons (Fsp3) is 0.632. The lowest BCUT2D eigenvalue weighted by atomic mass is 10.2. The fourth-order valence-electron chi connectivity index (χ4n) is 3.95. The average Bonchev–Trinajstić information content (AvgIpc) is 3.27. The fourth-order valence-corrected chi connectivity index (χ4v) is 5.74. The minimum atomic E-state index is -3.99. The normalized spacial score (nSPS) is 18.2. The Hall–Kier alpha value is -2.40. The summed E-state index contributed by atoms with van der Waals surface area (Å²) in [4.78, 5) is 39.4. The first-order valence-corrected chi connectivity index (χ1v) is 11.3. The van der Waals surface area contributed by atoms with E-state index in [4.69, 9.17) is 9.15 Å². The van der Waals surface area contributed by atoms with Crippen molar-refractivity contribution in [1.82, 2.24) is 14.1 Å². The molecule has 0 bridgehead atoms. The van der Waals surface area contributed by atoms with Crippen molar-refractivity contribution in [2.75, 3.05) is 46.4 Å². The van der Waals surface area contributed by atoms with E-state index >= 15 is 0 Å². The van der Waals surface area contributed by atoms with Crippen molar-refractivity contribution in [1.29, 1.82) is 0 Å². The number of esters is 1. The van der Waals surface area contributed by atoms with Crippen LogP contribution in [-0.4, -0.2) is 86.7 Å². The number of aryl methyl sites for hydroxylation is 2. The molecule has 3 rings (SSSR count). The van der Waals surface area contributed by atoms with Gasteiger partial charge in [0, 0.05) is 52.1 Å². The number of sulfonamides is 1. The summed E-state index contributed by atoms with van der Waals surface area (Å²) >= 11 is 0. The molecular weight excluding hydrogens is 414 g/mol. The van der Waals surface area contributed by atoms with Gasteiger partial charge in [-0.1, -0.05) is 0 Å². The monoisotopic (exact) mass is 441 g/mol. The topological polar surface area (TPSA) is 117 Å². The number of hydrogen-bond acceptors (Lipinski definition) is 7. The van der Waals surface area contributed by atoms with Crippen LogP contribution in [0, 0.1) is 13.8 Å². The summed E-state index contributed by atoms with van der Waals surface area (Å²) in [6.07, 6.45) is 1.58. The molecule has 0 N–H and O–H groups in total. The number of amides is 2. The summed E-state index contributed by atoms with van der Waals surface area (Å²) in [7, 11) is -2.81. The van der Waals surface area contributed by atoms with Crippen LogP contribution in [0.4, 0.5) is 0 Å². The van der Waals surface area contributed by atoms with Crippen molar-refractivity contribution in [3.8, 4) is 0 Å². The van der Waals surface area contributed by atoms with Crippen molar-refractivity contribution < 1.29 is 32.0 Å². The molecule has 10 nitrogen and oxygen atoms in total. The van der Waals surface area contributed by atoms with Crippen molar-refractivity contribution >= 4 is 27.8 Å². The summed E-state index contributed by atoms with van der Waals surface area (Å²) in [5.41, 5.74) is -0.0937. The minimum absolute atomic E-state index is 0.0749. The molecule has 3 heterocycles. The maximum Gasteiger partial charge on any atom is 0.342 e.